The lowest BCUT2D eigenvalue weighted by Crippen LogP contribution is -2.32. The van der Waals surface area contributed by atoms with Gasteiger partial charge in [0, 0.05) is 75.9 Å². The molecule has 0 amide bonds. The number of rotatable bonds is 6. The molecule has 0 N–H and O–H groups in total. The molecule has 288 valence electrons. The highest BCUT2D eigenvalue weighted by atomic mass is 15.2. The molecule has 1 aliphatic heterocycles. The lowest BCUT2D eigenvalue weighted by molar-refractivity contribution is 0.767. The summed E-state index contributed by atoms with van der Waals surface area (Å²) in [5.74, 6) is 0.440. The van der Waals surface area contributed by atoms with E-state index < -0.39 is 0 Å². The van der Waals surface area contributed by atoms with E-state index >= 15 is 0 Å². The third-order valence-corrected chi connectivity index (χ3v) is 13.3. The number of hydrogen-bond acceptors (Lipinski definition) is 3. The van der Waals surface area contributed by atoms with Crippen molar-refractivity contribution in [2.24, 2.45) is 13.0 Å². The Morgan fingerprint density at radius 2 is 1.37 bits per heavy atom. The fraction of sp³-hybridized carbons (Fsp3) is 0.107. The van der Waals surface area contributed by atoms with Gasteiger partial charge < -0.3 is 19.3 Å². The first kappa shape index (κ1) is 34.7. The summed E-state index contributed by atoms with van der Waals surface area (Å²) in [6.45, 7) is 0. The van der Waals surface area contributed by atoms with Crippen LogP contribution in [0.4, 0.5) is 34.1 Å². The number of nitrogens with zero attached hydrogens (tertiary/aromatic N) is 4. The minimum atomic E-state index is 0.192. The van der Waals surface area contributed by atoms with E-state index in [0.29, 0.717) is 5.92 Å². The van der Waals surface area contributed by atoms with Gasteiger partial charge in [-0.15, -0.1) is 0 Å². The van der Waals surface area contributed by atoms with Gasteiger partial charge in [0.25, 0.3) is 0 Å². The Labute approximate surface area is 351 Å². The Balaban J connectivity index is 1.00. The maximum atomic E-state index is 2.52. The summed E-state index contributed by atoms with van der Waals surface area (Å²) in [6.07, 6.45) is 20.3. The van der Waals surface area contributed by atoms with Crippen LogP contribution in [0.15, 0.2) is 199 Å². The standard InChI is InChI=1S/C56H44N4/c1-57-51-23-13-22-49-55-48-31-29-46(60(42-20-7-4-8-21-42)44-27-25-38-15-10-12-17-40(38)33-44)35-53(48)58(2)54(55)36-50(56(49)51)47-30-28-45(34-52(47)57)59(41-18-5-3-6-19-41)43-26-24-37-14-9-11-16-39(37)32-43/h3-23,25-32,34-37,44H,24,33H2,1-2H3. The van der Waals surface area contributed by atoms with Gasteiger partial charge in [0.05, 0.1) is 22.8 Å². The second-order valence-corrected chi connectivity index (χ2v) is 16.6. The lowest BCUT2D eigenvalue weighted by Gasteiger charge is -2.34. The van der Waals surface area contributed by atoms with Crippen molar-refractivity contribution in [3.8, 4) is 11.1 Å². The van der Waals surface area contributed by atoms with Gasteiger partial charge in [-0.1, -0.05) is 127 Å². The van der Waals surface area contributed by atoms with Crippen molar-refractivity contribution in [2.45, 2.75) is 18.9 Å². The van der Waals surface area contributed by atoms with Gasteiger partial charge in [0.2, 0.25) is 0 Å². The zero-order valence-electron chi connectivity index (χ0n) is 33.8. The van der Waals surface area contributed by atoms with Crippen LogP contribution in [-0.4, -0.2) is 17.7 Å². The predicted octanol–water partition coefficient (Wildman–Crippen LogP) is 14.1. The first-order valence-electron chi connectivity index (χ1n) is 21.2. The molecular formula is C56H44N4. The fourth-order valence-corrected chi connectivity index (χ4v) is 10.4. The summed E-state index contributed by atoms with van der Waals surface area (Å²) in [5.41, 5.74) is 17.4. The second-order valence-electron chi connectivity index (χ2n) is 16.6. The van der Waals surface area contributed by atoms with E-state index in [1.165, 1.54) is 88.9 Å². The van der Waals surface area contributed by atoms with Crippen molar-refractivity contribution >= 4 is 72.8 Å². The van der Waals surface area contributed by atoms with Crippen LogP contribution in [-0.2, 0) is 13.5 Å². The number of hydrogen-bond donors (Lipinski definition) is 0. The smallest absolute Gasteiger partial charge is 0.0566 e. The molecule has 4 aliphatic rings. The van der Waals surface area contributed by atoms with E-state index in [1.807, 2.05) is 0 Å². The monoisotopic (exact) mass is 772 g/mol. The molecule has 0 fully saturated rings. The highest BCUT2D eigenvalue weighted by Crippen LogP contribution is 2.52. The number of fused-ring (bicyclic) bond motifs is 8. The molecule has 7 aromatic carbocycles. The molecule has 12 rings (SSSR count). The SMILES string of the molecule is CN1c2cc(N(C3=CCC4C=CC=CC4=C3)c3ccccc3)ccc2-c2cc3c(c4cccc1c24)c1ccc(N(c2ccccc2)C2C=Cc4ccccc4C2)cc1n3C. The molecule has 8 aromatic rings. The Kier molecular flexibility index (Phi) is 7.89. The summed E-state index contributed by atoms with van der Waals surface area (Å²) in [7, 11) is 4.47. The highest BCUT2D eigenvalue weighted by molar-refractivity contribution is 6.28. The molecule has 3 aliphatic carbocycles. The van der Waals surface area contributed by atoms with Crippen LogP contribution in [0.2, 0.25) is 0 Å². The van der Waals surface area contributed by atoms with E-state index in [9.17, 15) is 0 Å². The van der Waals surface area contributed by atoms with Gasteiger partial charge in [0.15, 0.2) is 0 Å². The topological polar surface area (TPSA) is 14.7 Å². The third-order valence-electron chi connectivity index (χ3n) is 13.3. The fourth-order valence-electron chi connectivity index (χ4n) is 10.4. The van der Waals surface area contributed by atoms with Crippen LogP contribution < -0.4 is 14.7 Å². The number of anilines is 6. The van der Waals surface area contributed by atoms with Gasteiger partial charge >= 0.3 is 0 Å². The summed E-state index contributed by atoms with van der Waals surface area (Å²) in [5, 5.41) is 5.19. The molecule has 4 heteroatoms. The molecule has 0 saturated carbocycles. The maximum Gasteiger partial charge on any atom is 0.0566 e. The maximum absolute atomic E-state index is 2.52. The van der Waals surface area contributed by atoms with Crippen molar-refractivity contribution in [3.05, 3.63) is 211 Å². The minimum Gasteiger partial charge on any atom is -0.344 e. The molecule has 0 spiro atoms. The second kappa shape index (κ2) is 13.6. The van der Waals surface area contributed by atoms with E-state index in [0.717, 1.165) is 24.2 Å². The number of allylic oxidation sites excluding steroid dienone is 7. The summed E-state index contributed by atoms with van der Waals surface area (Å²) in [6, 6.07) is 54.1. The summed E-state index contributed by atoms with van der Waals surface area (Å²) in [4.78, 5) is 7.34. The van der Waals surface area contributed by atoms with Gasteiger partial charge in [-0.3, -0.25) is 0 Å². The summed E-state index contributed by atoms with van der Waals surface area (Å²) < 4.78 is 2.42. The lowest BCUT2D eigenvalue weighted by atomic mass is 9.86. The molecule has 60 heavy (non-hydrogen) atoms. The molecule has 4 nitrogen and oxygen atoms in total. The van der Waals surface area contributed by atoms with Gasteiger partial charge in [-0.25, -0.2) is 0 Å². The molecular weight excluding hydrogens is 729 g/mol. The van der Waals surface area contributed by atoms with Gasteiger partial charge in [-0.05, 0) is 107 Å². The van der Waals surface area contributed by atoms with Crippen LogP contribution in [0.1, 0.15) is 17.5 Å². The molecule has 0 bridgehead atoms. The van der Waals surface area contributed by atoms with Gasteiger partial charge in [-0.2, -0.15) is 0 Å². The van der Waals surface area contributed by atoms with Gasteiger partial charge in [0.1, 0.15) is 0 Å². The van der Waals surface area contributed by atoms with Crippen molar-refractivity contribution in [3.63, 3.8) is 0 Å². The molecule has 0 radical (unpaired) electrons. The average Bonchev–Trinajstić information content (AvgIpc) is 3.59. The molecule has 1 aromatic heterocycles. The Bertz CT molecular complexity index is 3200. The molecule has 2 heterocycles. The third kappa shape index (κ3) is 5.37. The molecule has 0 saturated heterocycles. The van der Waals surface area contributed by atoms with E-state index in [2.05, 4.69) is 228 Å². The average molecular weight is 773 g/mol. The minimum absolute atomic E-state index is 0.192. The summed E-state index contributed by atoms with van der Waals surface area (Å²) >= 11 is 0. The zero-order chi connectivity index (χ0) is 39.9. The number of para-hydroxylation sites is 2. The number of aromatic nitrogens is 1. The van der Waals surface area contributed by atoms with E-state index in [1.54, 1.807) is 0 Å². The first-order chi connectivity index (χ1) is 29.6. The van der Waals surface area contributed by atoms with Crippen LogP contribution in [0.5, 0.6) is 0 Å². The van der Waals surface area contributed by atoms with E-state index in [-0.39, 0.29) is 6.04 Å². The van der Waals surface area contributed by atoms with Crippen molar-refractivity contribution in [1.82, 2.24) is 4.57 Å². The van der Waals surface area contributed by atoms with Crippen LogP contribution >= 0.6 is 0 Å². The Hall–Kier alpha value is -7.30. The largest absolute Gasteiger partial charge is 0.344 e. The predicted molar refractivity (Wildman–Crippen MR) is 254 cm³/mol. The molecule has 2 unspecified atom stereocenters. The van der Waals surface area contributed by atoms with E-state index in [4.69, 9.17) is 0 Å². The zero-order valence-corrected chi connectivity index (χ0v) is 33.8. The van der Waals surface area contributed by atoms with Crippen molar-refractivity contribution in [2.75, 3.05) is 21.7 Å². The highest BCUT2D eigenvalue weighted by Gasteiger charge is 2.29. The first-order valence-corrected chi connectivity index (χ1v) is 21.2. The number of benzene rings is 7. The van der Waals surface area contributed by atoms with Crippen LogP contribution in [0.3, 0.4) is 0 Å². The van der Waals surface area contributed by atoms with Crippen molar-refractivity contribution in [1.29, 1.82) is 0 Å². The Morgan fingerprint density at radius 3 is 2.23 bits per heavy atom. The normalized spacial score (nSPS) is 17.3. The Morgan fingerprint density at radius 1 is 0.567 bits per heavy atom. The number of aryl methyl sites for hydroxylation is 1. The molecule has 2 atom stereocenters. The van der Waals surface area contributed by atoms with Crippen LogP contribution in [0.25, 0.3) is 49.8 Å². The van der Waals surface area contributed by atoms with Crippen molar-refractivity contribution < 1.29 is 0 Å². The van der Waals surface area contributed by atoms with Crippen LogP contribution in [0, 0.1) is 5.92 Å². The quantitative estimate of drug-likeness (QED) is 0.167.